The second-order valence-corrected chi connectivity index (χ2v) is 6.14. The Balaban J connectivity index is 2.23. The molecular weight excluding hydrogens is 238 g/mol. The molecule has 2 rings (SSSR count). The molecule has 0 amide bonds. The topological polar surface area (TPSA) is 26.0 Å². The Morgan fingerprint density at radius 2 is 1.72 bits per heavy atom. The first-order valence-corrected chi connectivity index (χ1v) is 7.38. The maximum absolute atomic E-state index is 6.19. The normalized spacial score (nSPS) is 12.9. The fourth-order valence-corrected chi connectivity index (χ4v) is 3.11. The molecule has 1 aromatic carbocycles. The van der Waals surface area contributed by atoms with Crippen LogP contribution in [0.3, 0.4) is 0 Å². The maximum atomic E-state index is 6.19. The summed E-state index contributed by atoms with van der Waals surface area (Å²) in [6.45, 7) is 6.51. The zero-order chi connectivity index (χ0) is 13.1. The minimum Gasteiger partial charge on any atom is -0.323 e. The van der Waals surface area contributed by atoms with E-state index in [0.29, 0.717) is 5.92 Å². The SMILES string of the molecule is CCc1ccc(-c2ccc(C(N)C(C)C)s2)cc1. The summed E-state index contributed by atoms with van der Waals surface area (Å²) in [4.78, 5) is 2.59. The van der Waals surface area contributed by atoms with Crippen molar-refractivity contribution in [1.29, 1.82) is 0 Å². The number of thiophene rings is 1. The van der Waals surface area contributed by atoms with Crippen LogP contribution in [0.4, 0.5) is 0 Å². The highest BCUT2D eigenvalue weighted by Gasteiger charge is 2.13. The number of nitrogens with two attached hydrogens (primary N) is 1. The van der Waals surface area contributed by atoms with Gasteiger partial charge in [0.1, 0.15) is 0 Å². The minimum absolute atomic E-state index is 0.152. The Morgan fingerprint density at radius 1 is 1.06 bits per heavy atom. The van der Waals surface area contributed by atoms with Gasteiger partial charge in [0.15, 0.2) is 0 Å². The molecule has 0 fully saturated rings. The first kappa shape index (κ1) is 13.3. The highest BCUT2D eigenvalue weighted by Crippen LogP contribution is 2.33. The summed E-state index contributed by atoms with van der Waals surface area (Å²) in [6, 6.07) is 13.3. The number of aryl methyl sites for hydroxylation is 1. The molecule has 0 aliphatic carbocycles. The molecule has 0 saturated heterocycles. The zero-order valence-electron chi connectivity index (χ0n) is 11.3. The molecule has 2 aromatic rings. The van der Waals surface area contributed by atoms with E-state index in [9.17, 15) is 0 Å². The van der Waals surface area contributed by atoms with Gasteiger partial charge in [0.05, 0.1) is 0 Å². The Morgan fingerprint density at radius 3 is 2.28 bits per heavy atom. The lowest BCUT2D eigenvalue weighted by Gasteiger charge is -2.12. The number of hydrogen-bond donors (Lipinski definition) is 1. The third kappa shape index (κ3) is 2.82. The van der Waals surface area contributed by atoms with Gasteiger partial charge in [-0.15, -0.1) is 11.3 Å². The van der Waals surface area contributed by atoms with Crippen molar-refractivity contribution in [3.63, 3.8) is 0 Å². The van der Waals surface area contributed by atoms with Gasteiger partial charge >= 0.3 is 0 Å². The van der Waals surface area contributed by atoms with E-state index < -0.39 is 0 Å². The molecule has 18 heavy (non-hydrogen) atoms. The molecule has 1 unspecified atom stereocenters. The number of hydrogen-bond acceptors (Lipinski definition) is 2. The van der Waals surface area contributed by atoms with Crippen LogP contribution < -0.4 is 5.73 Å². The fraction of sp³-hybridized carbons (Fsp3) is 0.375. The molecule has 2 N–H and O–H groups in total. The Labute approximate surface area is 114 Å². The Bertz CT molecular complexity index is 496. The molecule has 0 aliphatic heterocycles. The molecule has 1 heterocycles. The molecule has 0 spiro atoms. The summed E-state index contributed by atoms with van der Waals surface area (Å²) >= 11 is 1.81. The number of rotatable bonds is 4. The minimum atomic E-state index is 0.152. The van der Waals surface area contributed by atoms with Crippen molar-refractivity contribution in [1.82, 2.24) is 0 Å². The highest BCUT2D eigenvalue weighted by atomic mass is 32.1. The van der Waals surface area contributed by atoms with Gasteiger partial charge in [-0.25, -0.2) is 0 Å². The molecule has 0 saturated carbocycles. The molecule has 2 heteroatoms. The van der Waals surface area contributed by atoms with E-state index >= 15 is 0 Å². The van der Waals surface area contributed by atoms with Crippen molar-refractivity contribution in [3.05, 3.63) is 46.8 Å². The first-order valence-electron chi connectivity index (χ1n) is 6.56. The van der Waals surface area contributed by atoms with Crippen LogP contribution in [0.5, 0.6) is 0 Å². The van der Waals surface area contributed by atoms with E-state index in [-0.39, 0.29) is 6.04 Å². The highest BCUT2D eigenvalue weighted by molar-refractivity contribution is 7.15. The van der Waals surface area contributed by atoms with Gasteiger partial charge in [-0.05, 0) is 35.6 Å². The van der Waals surface area contributed by atoms with Gasteiger partial charge < -0.3 is 5.73 Å². The van der Waals surface area contributed by atoms with Crippen molar-refractivity contribution in [2.45, 2.75) is 33.2 Å². The maximum Gasteiger partial charge on any atom is 0.0413 e. The summed E-state index contributed by atoms with van der Waals surface area (Å²) in [7, 11) is 0. The molecule has 0 bridgehead atoms. The van der Waals surface area contributed by atoms with Crippen molar-refractivity contribution in [2.75, 3.05) is 0 Å². The predicted molar refractivity (Wildman–Crippen MR) is 80.9 cm³/mol. The molecular formula is C16H21NS. The van der Waals surface area contributed by atoms with Gasteiger partial charge in [-0.1, -0.05) is 45.0 Å². The van der Waals surface area contributed by atoms with E-state index in [2.05, 4.69) is 57.2 Å². The standard InChI is InChI=1S/C16H21NS/c1-4-12-5-7-13(8-6-12)14-9-10-15(18-14)16(17)11(2)3/h5-11,16H,4,17H2,1-3H3. The average molecular weight is 259 g/mol. The van der Waals surface area contributed by atoms with E-state index in [1.54, 1.807) is 0 Å². The molecule has 1 atom stereocenters. The van der Waals surface area contributed by atoms with Crippen LogP contribution in [0, 0.1) is 5.92 Å². The fourth-order valence-electron chi connectivity index (χ4n) is 1.92. The molecule has 1 aromatic heterocycles. The van der Waals surface area contributed by atoms with Crippen molar-refractivity contribution in [3.8, 4) is 10.4 Å². The van der Waals surface area contributed by atoms with E-state index in [4.69, 9.17) is 5.73 Å². The number of benzene rings is 1. The van der Waals surface area contributed by atoms with E-state index in [0.717, 1.165) is 6.42 Å². The summed E-state index contributed by atoms with van der Waals surface area (Å²) in [5, 5.41) is 0. The van der Waals surface area contributed by atoms with Crippen LogP contribution in [0.15, 0.2) is 36.4 Å². The lowest BCUT2D eigenvalue weighted by Crippen LogP contribution is -2.14. The van der Waals surface area contributed by atoms with E-state index in [1.165, 1.54) is 20.9 Å². The Hall–Kier alpha value is -1.12. The van der Waals surface area contributed by atoms with E-state index in [1.807, 2.05) is 11.3 Å². The van der Waals surface area contributed by atoms with Crippen molar-refractivity contribution >= 4 is 11.3 Å². The molecule has 1 nitrogen and oxygen atoms in total. The van der Waals surface area contributed by atoms with Gasteiger partial charge in [0.2, 0.25) is 0 Å². The van der Waals surface area contributed by atoms with Gasteiger partial charge in [0, 0.05) is 15.8 Å². The summed E-state index contributed by atoms with van der Waals surface area (Å²) < 4.78 is 0. The third-order valence-electron chi connectivity index (χ3n) is 3.32. The second-order valence-electron chi connectivity index (χ2n) is 5.02. The zero-order valence-corrected chi connectivity index (χ0v) is 12.1. The molecule has 0 aliphatic rings. The third-order valence-corrected chi connectivity index (χ3v) is 4.56. The smallest absolute Gasteiger partial charge is 0.0413 e. The van der Waals surface area contributed by atoms with Crippen LogP contribution in [-0.2, 0) is 6.42 Å². The lowest BCUT2D eigenvalue weighted by molar-refractivity contribution is 0.521. The first-order chi connectivity index (χ1) is 8.61. The molecule has 0 radical (unpaired) electrons. The summed E-state index contributed by atoms with van der Waals surface area (Å²) in [6.07, 6.45) is 1.09. The van der Waals surface area contributed by atoms with Gasteiger partial charge in [-0.3, -0.25) is 0 Å². The van der Waals surface area contributed by atoms with Gasteiger partial charge in [-0.2, -0.15) is 0 Å². The summed E-state index contributed by atoms with van der Waals surface area (Å²) in [5.74, 6) is 0.485. The lowest BCUT2D eigenvalue weighted by atomic mass is 10.0. The van der Waals surface area contributed by atoms with Crippen molar-refractivity contribution in [2.24, 2.45) is 11.7 Å². The monoisotopic (exact) mass is 259 g/mol. The van der Waals surface area contributed by atoms with Crippen LogP contribution >= 0.6 is 11.3 Å². The average Bonchev–Trinajstić information content (AvgIpc) is 2.87. The quantitative estimate of drug-likeness (QED) is 0.851. The van der Waals surface area contributed by atoms with Crippen LogP contribution in [0.25, 0.3) is 10.4 Å². The van der Waals surface area contributed by atoms with Crippen LogP contribution in [-0.4, -0.2) is 0 Å². The predicted octanol–water partition coefficient (Wildman–Crippen LogP) is 4.63. The van der Waals surface area contributed by atoms with Gasteiger partial charge in [0.25, 0.3) is 0 Å². The van der Waals surface area contributed by atoms with Crippen LogP contribution in [0.2, 0.25) is 0 Å². The van der Waals surface area contributed by atoms with Crippen molar-refractivity contribution < 1.29 is 0 Å². The molecule has 96 valence electrons. The van der Waals surface area contributed by atoms with Crippen LogP contribution in [0.1, 0.15) is 37.3 Å². The Kier molecular flexibility index (Phi) is 4.20. The summed E-state index contributed by atoms with van der Waals surface area (Å²) in [5.41, 5.74) is 8.86. The second kappa shape index (κ2) is 5.68. The largest absolute Gasteiger partial charge is 0.323 e.